The number of aromatic nitrogens is 2. The summed E-state index contributed by atoms with van der Waals surface area (Å²) < 4.78 is 40.2. The fourth-order valence-electron chi connectivity index (χ4n) is 3.09. The van der Waals surface area contributed by atoms with E-state index in [-0.39, 0.29) is 28.8 Å². The maximum Gasteiger partial charge on any atom is 0.420 e. The van der Waals surface area contributed by atoms with E-state index in [2.05, 4.69) is 34.4 Å². The lowest BCUT2D eigenvalue weighted by Gasteiger charge is -2.36. The number of nitrogens with zero attached hydrogens (tertiary/aromatic N) is 2. The van der Waals surface area contributed by atoms with Crippen LogP contribution in [0.1, 0.15) is 48.3 Å². The maximum absolute atomic E-state index is 13.4. The highest BCUT2D eigenvalue weighted by molar-refractivity contribution is 6.11. The van der Waals surface area contributed by atoms with Crippen molar-refractivity contribution in [3.63, 3.8) is 0 Å². The van der Waals surface area contributed by atoms with Gasteiger partial charge in [0.05, 0.1) is 0 Å². The minimum atomic E-state index is -4.76. The summed E-state index contributed by atoms with van der Waals surface area (Å²) in [4.78, 5) is 20.4. The Hall–Kier alpha value is -2.68. The molecule has 1 aliphatic heterocycles. The number of ketones is 1. The Labute approximate surface area is 160 Å². The summed E-state index contributed by atoms with van der Waals surface area (Å²) in [5.41, 5.74) is 3.93. The summed E-state index contributed by atoms with van der Waals surface area (Å²) in [6.07, 6.45) is -2.43. The quantitative estimate of drug-likeness (QED) is 0.545. The van der Waals surface area contributed by atoms with Gasteiger partial charge in [-0.3, -0.25) is 4.79 Å². The smallest absolute Gasteiger partial charge is 0.398 e. The first-order valence-corrected chi connectivity index (χ1v) is 8.92. The van der Waals surface area contributed by atoms with Crippen LogP contribution < -0.4 is 16.4 Å². The van der Waals surface area contributed by atoms with Crippen molar-refractivity contribution in [1.82, 2.24) is 15.3 Å². The SMILES string of the molecule is CC1(C)CCC(Nc2ncc(C(F)(F)F)c(C(=O)c3ccccc3N)n2)CN1. The van der Waals surface area contributed by atoms with Crippen molar-refractivity contribution >= 4 is 17.4 Å². The number of hydrogen-bond donors (Lipinski definition) is 3. The Bertz CT molecular complexity index is 872. The molecule has 28 heavy (non-hydrogen) atoms. The molecule has 9 heteroatoms. The van der Waals surface area contributed by atoms with Crippen molar-refractivity contribution in [2.45, 2.75) is 44.4 Å². The lowest BCUT2D eigenvalue weighted by atomic mass is 9.91. The van der Waals surface area contributed by atoms with E-state index in [1.807, 2.05) is 0 Å². The number of rotatable bonds is 4. The van der Waals surface area contributed by atoms with E-state index in [9.17, 15) is 18.0 Å². The van der Waals surface area contributed by atoms with Gasteiger partial charge in [0.2, 0.25) is 11.7 Å². The van der Waals surface area contributed by atoms with Crippen molar-refractivity contribution in [1.29, 1.82) is 0 Å². The number of nitrogens with two attached hydrogens (primary N) is 1. The van der Waals surface area contributed by atoms with Crippen molar-refractivity contribution in [3.8, 4) is 0 Å². The van der Waals surface area contributed by atoms with Crippen LogP contribution in [0.5, 0.6) is 0 Å². The van der Waals surface area contributed by atoms with Gasteiger partial charge in [0, 0.05) is 35.6 Å². The first-order chi connectivity index (χ1) is 13.1. The van der Waals surface area contributed by atoms with Gasteiger partial charge in [0.1, 0.15) is 11.3 Å². The number of para-hydroxylation sites is 1. The number of anilines is 2. The van der Waals surface area contributed by atoms with E-state index in [0.29, 0.717) is 12.7 Å². The van der Waals surface area contributed by atoms with Crippen LogP contribution in [0.2, 0.25) is 0 Å². The molecule has 3 rings (SSSR count). The Morgan fingerprint density at radius 2 is 2.04 bits per heavy atom. The van der Waals surface area contributed by atoms with E-state index < -0.39 is 23.2 Å². The molecule has 0 bridgehead atoms. The molecule has 1 saturated heterocycles. The molecule has 2 heterocycles. The number of carbonyl (C=O) groups is 1. The number of alkyl halides is 3. The average Bonchev–Trinajstić information content (AvgIpc) is 2.62. The molecule has 2 aromatic rings. The Kier molecular flexibility index (Phi) is 5.29. The van der Waals surface area contributed by atoms with Crippen LogP contribution in [-0.2, 0) is 6.18 Å². The summed E-state index contributed by atoms with van der Waals surface area (Å²) in [6.45, 7) is 4.78. The number of benzene rings is 1. The predicted octanol–water partition coefficient (Wildman–Crippen LogP) is 3.25. The minimum Gasteiger partial charge on any atom is -0.398 e. The molecule has 0 radical (unpaired) electrons. The van der Waals surface area contributed by atoms with Gasteiger partial charge < -0.3 is 16.4 Å². The third-order valence-corrected chi connectivity index (χ3v) is 4.79. The first-order valence-electron chi connectivity index (χ1n) is 8.92. The zero-order chi connectivity index (χ0) is 20.5. The molecule has 4 N–H and O–H groups in total. The molecule has 0 spiro atoms. The lowest BCUT2D eigenvalue weighted by molar-refractivity contribution is -0.138. The Morgan fingerprint density at radius 1 is 1.32 bits per heavy atom. The second kappa shape index (κ2) is 7.38. The second-order valence-corrected chi connectivity index (χ2v) is 7.51. The molecule has 1 fully saturated rings. The molecule has 6 nitrogen and oxygen atoms in total. The molecule has 0 saturated carbocycles. The summed E-state index contributed by atoms with van der Waals surface area (Å²) >= 11 is 0. The summed E-state index contributed by atoms with van der Waals surface area (Å²) in [5, 5.41) is 6.38. The van der Waals surface area contributed by atoms with Gasteiger partial charge in [-0.2, -0.15) is 13.2 Å². The number of nitrogen functional groups attached to an aromatic ring is 1. The van der Waals surface area contributed by atoms with Crippen LogP contribution >= 0.6 is 0 Å². The molecule has 150 valence electrons. The van der Waals surface area contributed by atoms with Gasteiger partial charge >= 0.3 is 6.18 Å². The van der Waals surface area contributed by atoms with Gasteiger partial charge in [-0.1, -0.05) is 12.1 Å². The van der Waals surface area contributed by atoms with Crippen molar-refractivity contribution < 1.29 is 18.0 Å². The van der Waals surface area contributed by atoms with Crippen molar-refractivity contribution in [2.24, 2.45) is 0 Å². The number of carbonyl (C=O) groups excluding carboxylic acids is 1. The predicted molar refractivity (Wildman–Crippen MR) is 100 cm³/mol. The van der Waals surface area contributed by atoms with Crippen LogP contribution in [0.4, 0.5) is 24.8 Å². The normalized spacial score (nSPS) is 19.2. The van der Waals surface area contributed by atoms with Gasteiger partial charge in [-0.25, -0.2) is 9.97 Å². The average molecular weight is 393 g/mol. The standard InChI is InChI=1S/C19H22F3N5O/c1-18(2)8-7-11(9-25-18)26-17-24-10-13(19(20,21)22)15(27-17)16(28)12-5-3-4-6-14(12)23/h3-6,10-11,25H,7-9,23H2,1-2H3,(H,24,26,27). The molecule has 0 amide bonds. The highest BCUT2D eigenvalue weighted by Gasteiger charge is 2.38. The zero-order valence-electron chi connectivity index (χ0n) is 15.6. The van der Waals surface area contributed by atoms with Crippen LogP contribution in [0.15, 0.2) is 30.5 Å². The topological polar surface area (TPSA) is 92.9 Å². The van der Waals surface area contributed by atoms with E-state index in [1.165, 1.54) is 18.2 Å². The lowest BCUT2D eigenvalue weighted by Crippen LogP contribution is -2.50. The summed E-state index contributed by atoms with van der Waals surface area (Å²) in [6, 6.07) is 5.92. The van der Waals surface area contributed by atoms with Crippen LogP contribution in [0.3, 0.4) is 0 Å². The molecular weight excluding hydrogens is 371 g/mol. The van der Waals surface area contributed by atoms with E-state index in [0.717, 1.165) is 12.8 Å². The molecular formula is C19H22F3N5O. The van der Waals surface area contributed by atoms with Crippen LogP contribution in [0, 0.1) is 0 Å². The van der Waals surface area contributed by atoms with Crippen LogP contribution in [-0.4, -0.2) is 33.9 Å². The van der Waals surface area contributed by atoms with Crippen molar-refractivity contribution in [3.05, 3.63) is 47.3 Å². The number of nitrogens with one attached hydrogen (secondary N) is 2. The first kappa shape index (κ1) is 20.1. The third kappa shape index (κ3) is 4.41. The van der Waals surface area contributed by atoms with Gasteiger partial charge in [-0.05, 0) is 38.8 Å². The molecule has 1 aliphatic rings. The largest absolute Gasteiger partial charge is 0.420 e. The molecule has 1 aromatic heterocycles. The monoisotopic (exact) mass is 393 g/mol. The van der Waals surface area contributed by atoms with Gasteiger partial charge in [0.15, 0.2) is 0 Å². The zero-order valence-corrected chi connectivity index (χ0v) is 15.6. The van der Waals surface area contributed by atoms with Crippen LogP contribution in [0.25, 0.3) is 0 Å². The molecule has 1 atom stereocenters. The molecule has 1 unspecified atom stereocenters. The Morgan fingerprint density at radius 3 is 2.64 bits per heavy atom. The van der Waals surface area contributed by atoms with E-state index >= 15 is 0 Å². The van der Waals surface area contributed by atoms with E-state index in [4.69, 9.17) is 5.73 Å². The highest BCUT2D eigenvalue weighted by atomic mass is 19.4. The van der Waals surface area contributed by atoms with E-state index in [1.54, 1.807) is 6.07 Å². The minimum absolute atomic E-state index is 0.00510. The number of halogens is 3. The maximum atomic E-state index is 13.4. The number of hydrogen-bond acceptors (Lipinski definition) is 6. The summed E-state index contributed by atoms with van der Waals surface area (Å²) in [7, 11) is 0. The van der Waals surface area contributed by atoms with Gasteiger partial charge in [0.25, 0.3) is 0 Å². The fraction of sp³-hybridized carbons (Fsp3) is 0.421. The summed E-state index contributed by atoms with van der Waals surface area (Å²) in [5.74, 6) is -0.906. The van der Waals surface area contributed by atoms with Crippen molar-refractivity contribution in [2.75, 3.05) is 17.6 Å². The Balaban J connectivity index is 1.92. The van der Waals surface area contributed by atoms with Gasteiger partial charge in [-0.15, -0.1) is 0 Å². The molecule has 1 aromatic carbocycles. The number of piperidine rings is 1. The highest BCUT2D eigenvalue weighted by Crippen LogP contribution is 2.33. The fourth-order valence-corrected chi connectivity index (χ4v) is 3.09. The third-order valence-electron chi connectivity index (χ3n) is 4.79. The molecule has 0 aliphatic carbocycles. The second-order valence-electron chi connectivity index (χ2n) is 7.51.